The maximum atomic E-state index is 12.2. The fourth-order valence-corrected chi connectivity index (χ4v) is 1.99. The molecule has 1 aromatic carbocycles. The van der Waals surface area contributed by atoms with Crippen molar-refractivity contribution in [2.24, 2.45) is 0 Å². The van der Waals surface area contributed by atoms with Crippen LogP contribution in [0.5, 0.6) is 5.75 Å². The van der Waals surface area contributed by atoms with E-state index in [2.05, 4.69) is 20.4 Å². The quantitative estimate of drug-likeness (QED) is 0.751. The van der Waals surface area contributed by atoms with Gasteiger partial charge in [0.25, 0.3) is 17.2 Å². The van der Waals surface area contributed by atoms with E-state index in [4.69, 9.17) is 4.74 Å². The predicted octanol–water partition coefficient (Wildman–Crippen LogP) is 0.987. The number of H-pyrrole nitrogens is 1. The number of benzene rings is 1. The summed E-state index contributed by atoms with van der Waals surface area (Å²) in [5.41, 5.74) is 0.676. The van der Waals surface area contributed by atoms with Crippen molar-refractivity contribution in [1.29, 1.82) is 0 Å². The lowest BCUT2D eigenvalue weighted by molar-refractivity contribution is 0.102. The molecule has 0 aliphatic heterocycles. The van der Waals surface area contributed by atoms with Crippen LogP contribution in [0.3, 0.4) is 0 Å². The van der Waals surface area contributed by atoms with Crippen molar-refractivity contribution in [2.75, 3.05) is 12.4 Å². The van der Waals surface area contributed by atoms with Crippen LogP contribution in [-0.2, 0) is 0 Å². The second kappa shape index (κ2) is 5.32. The number of rotatable bonds is 3. The number of nitrogens with one attached hydrogen (secondary N) is 2. The second-order valence-corrected chi connectivity index (χ2v) is 4.63. The summed E-state index contributed by atoms with van der Waals surface area (Å²) in [5, 5.41) is 5.27. The van der Waals surface area contributed by atoms with Crippen LogP contribution in [0.1, 0.15) is 16.1 Å². The van der Waals surface area contributed by atoms with Crippen LogP contribution in [0.25, 0.3) is 5.78 Å². The average molecular weight is 299 g/mol. The van der Waals surface area contributed by atoms with Crippen LogP contribution in [-0.4, -0.2) is 32.6 Å². The Balaban J connectivity index is 1.90. The van der Waals surface area contributed by atoms with Crippen molar-refractivity contribution in [3.05, 3.63) is 51.9 Å². The number of amides is 1. The number of anilines is 1. The molecule has 2 aromatic heterocycles. The van der Waals surface area contributed by atoms with Gasteiger partial charge in [-0.2, -0.15) is 9.50 Å². The van der Waals surface area contributed by atoms with E-state index in [1.807, 2.05) is 0 Å². The second-order valence-electron chi connectivity index (χ2n) is 4.63. The molecule has 0 saturated heterocycles. The summed E-state index contributed by atoms with van der Waals surface area (Å²) >= 11 is 0. The van der Waals surface area contributed by atoms with Crippen molar-refractivity contribution in [1.82, 2.24) is 19.6 Å². The van der Waals surface area contributed by atoms with Crippen LogP contribution in [0.2, 0.25) is 0 Å². The van der Waals surface area contributed by atoms with Gasteiger partial charge in [0.15, 0.2) is 0 Å². The summed E-state index contributed by atoms with van der Waals surface area (Å²) in [6.45, 7) is 1.70. The van der Waals surface area contributed by atoms with Gasteiger partial charge >= 0.3 is 0 Å². The zero-order valence-electron chi connectivity index (χ0n) is 12.0. The average Bonchev–Trinajstić information content (AvgIpc) is 2.90. The number of carbonyl (C=O) groups excluding carboxylic acids is 1. The Morgan fingerprint density at radius 2 is 2.14 bits per heavy atom. The SMILES string of the molecule is COc1cccc(C(=O)Nc2nc3nc(C)cc(=O)n3[nH]2)c1. The number of aryl methyl sites for hydroxylation is 1. The first kappa shape index (κ1) is 13.8. The molecule has 0 radical (unpaired) electrons. The zero-order valence-corrected chi connectivity index (χ0v) is 12.0. The molecule has 8 nitrogen and oxygen atoms in total. The zero-order chi connectivity index (χ0) is 15.7. The van der Waals surface area contributed by atoms with Crippen LogP contribution in [0, 0.1) is 6.92 Å². The Bertz CT molecular complexity index is 912. The van der Waals surface area contributed by atoms with Gasteiger partial charge in [0, 0.05) is 17.3 Å². The van der Waals surface area contributed by atoms with Crippen LogP contribution >= 0.6 is 0 Å². The van der Waals surface area contributed by atoms with Gasteiger partial charge in [-0.05, 0) is 25.1 Å². The molecular formula is C14H13N5O3. The number of aromatic nitrogens is 4. The summed E-state index contributed by atoms with van der Waals surface area (Å²) in [7, 11) is 1.52. The minimum Gasteiger partial charge on any atom is -0.497 e. The topological polar surface area (TPSA) is 101 Å². The van der Waals surface area contributed by atoms with Crippen LogP contribution in [0.15, 0.2) is 35.1 Å². The smallest absolute Gasteiger partial charge is 0.274 e. The molecule has 0 aliphatic rings. The molecule has 8 heteroatoms. The third-order valence-electron chi connectivity index (χ3n) is 3.02. The van der Waals surface area contributed by atoms with Crippen LogP contribution < -0.4 is 15.6 Å². The highest BCUT2D eigenvalue weighted by Crippen LogP contribution is 2.13. The monoisotopic (exact) mass is 299 g/mol. The lowest BCUT2D eigenvalue weighted by Gasteiger charge is -2.03. The van der Waals surface area contributed by atoms with Gasteiger partial charge in [-0.3, -0.25) is 20.0 Å². The van der Waals surface area contributed by atoms with E-state index in [-0.39, 0.29) is 23.2 Å². The summed E-state index contributed by atoms with van der Waals surface area (Å²) < 4.78 is 6.23. The van der Waals surface area contributed by atoms with Gasteiger partial charge < -0.3 is 4.74 Å². The van der Waals surface area contributed by atoms with Gasteiger partial charge in [0.2, 0.25) is 5.95 Å². The standard InChI is InChI=1S/C14H13N5O3/c1-8-6-11(20)19-14(15-8)17-13(18-19)16-12(21)9-4-3-5-10(7-9)22-2/h3-7H,1-2H3,(H2,15,16,17,18,21). The molecule has 3 rings (SSSR count). The van der Waals surface area contributed by atoms with E-state index in [1.165, 1.54) is 13.2 Å². The largest absolute Gasteiger partial charge is 0.497 e. The van der Waals surface area contributed by atoms with E-state index in [0.717, 1.165) is 4.52 Å². The third kappa shape index (κ3) is 2.53. The highest BCUT2D eigenvalue weighted by Gasteiger charge is 2.11. The molecule has 1 amide bonds. The molecule has 2 heterocycles. The van der Waals surface area contributed by atoms with Gasteiger partial charge in [-0.25, -0.2) is 4.98 Å². The first-order chi connectivity index (χ1) is 10.6. The number of ether oxygens (including phenoxy) is 1. The van der Waals surface area contributed by atoms with Crippen molar-refractivity contribution >= 4 is 17.6 Å². The number of fused-ring (bicyclic) bond motifs is 1. The van der Waals surface area contributed by atoms with Gasteiger partial charge in [-0.1, -0.05) is 6.07 Å². The molecule has 0 unspecified atom stereocenters. The Morgan fingerprint density at radius 1 is 1.32 bits per heavy atom. The molecule has 112 valence electrons. The Kier molecular flexibility index (Phi) is 3.34. The Morgan fingerprint density at radius 3 is 2.91 bits per heavy atom. The third-order valence-corrected chi connectivity index (χ3v) is 3.02. The molecular weight excluding hydrogens is 286 g/mol. The number of aromatic amines is 1. The molecule has 0 fully saturated rings. The van der Waals surface area contributed by atoms with Crippen molar-refractivity contribution < 1.29 is 9.53 Å². The van der Waals surface area contributed by atoms with E-state index < -0.39 is 0 Å². The number of nitrogens with zero attached hydrogens (tertiary/aromatic N) is 3. The van der Waals surface area contributed by atoms with Gasteiger partial charge in [0.1, 0.15) is 5.75 Å². The summed E-state index contributed by atoms with van der Waals surface area (Å²) in [6, 6.07) is 8.08. The predicted molar refractivity (Wildman–Crippen MR) is 79.3 cm³/mol. The van der Waals surface area contributed by atoms with Gasteiger partial charge in [-0.15, -0.1) is 0 Å². The molecule has 0 bridgehead atoms. The molecule has 0 spiro atoms. The van der Waals surface area contributed by atoms with E-state index >= 15 is 0 Å². The molecule has 2 N–H and O–H groups in total. The Labute approximate surface area is 124 Å². The highest BCUT2D eigenvalue weighted by molar-refractivity contribution is 6.03. The highest BCUT2D eigenvalue weighted by atomic mass is 16.5. The van der Waals surface area contributed by atoms with Crippen molar-refractivity contribution in [3.8, 4) is 5.75 Å². The normalized spacial score (nSPS) is 10.6. The van der Waals surface area contributed by atoms with E-state index in [9.17, 15) is 9.59 Å². The number of hydrogen-bond donors (Lipinski definition) is 2. The molecule has 22 heavy (non-hydrogen) atoms. The fraction of sp³-hybridized carbons (Fsp3) is 0.143. The summed E-state index contributed by atoms with van der Waals surface area (Å²) in [5.74, 6) is 0.544. The first-order valence-electron chi connectivity index (χ1n) is 6.48. The number of methoxy groups -OCH3 is 1. The van der Waals surface area contributed by atoms with Crippen LogP contribution in [0.4, 0.5) is 5.95 Å². The molecule has 0 saturated carbocycles. The lowest BCUT2D eigenvalue weighted by Crippen LogP contribution is -2.16. The lowest BCUT2D eigenvalue weighted by atomic mass is 10.2. The number of hydrogen-bond acceptors (Lipinski definition) is 5. The molecule has 0 aliphatic carbocycles. The summed E-state index contributed by atoms with van der Waals surface area (Å²) in [6.07, 6.45) is 0. The number of carbonyl (C=O) groups is 1. The van der Waals surface area contributed by atoms with E-state index in [1.54, 1.807) is 31.2 Å². The van der Waals surface area contributed by atoms with Gasteiger partial charge in [0.05, 0.1) is 7.11 Å². The minimum atomic E-state index is -0.372. The van der Waals surface area contributed by atoms with E-state index in [0.29, 0.717) is 17.0 Å². The Hall–Kier alpha value is -3.16. The maximum Gasteiger partial charge on any atom is 0.274 e. The molecule has 0 atom stereocenters. The first-order valence-corrected chi connectivity index (χ1v) is 6.48. The molecule has 3 aromatic rings. The van der Waals surface area contributed by atoms with Crippen molar-refractivity contribution in [3.63, 3.8) is 0 Å². The summed E-state index contributed by atoms with van der Waals surface area (Å²) in [4.78, 5) is 32.1. The van der Waals surface area contributed by atoms with Crippen molar-refractivity contribution in [2.45, 2.75) is 6.92 Å². The minimum absolute atomic E-state index is 0.142. The maximum absolute atomic E-state index is 12.2. The fourth-order valence-electron chi connectivity index (χ4n) is 1.99.